The number of rotatable bonds is 6. The molecule has 1 atom stereocenters. The number of aryl methyl sites for hydroxylation is 1. The second-order valence-electron chi connectivity index (χ2n) is 5.97. The summed E-state index contributed by atoms with van der Waals surface area (Å²) < 4.78 is 12.6. The molecule has 0 heterocycles. The molecule has 0 radical (unpaired) electrons. The molecular formula is C15H23N2O5PS. The molecule has 1 aromatic carbocycles. The molecule has 1 aromatic rings. The fraction of sp³-hybridized carbons (Fsp3) is 0.533. The summed E-state index contributed by atoms with van der Waals surface area (Å²) in [5.41, 5.74) is 0.472. The maximum atomic E-state index is 12.3. The number of hydrogen-bond acceptors (Lipinski definition) is 6. The topological polar surface area (TPSA) is 81.9 Å². The smallest absolute Gasteiger partial charge is 0.416 e. The van der Waals surface area contributed by atoms with Gasteiger partial charge < -0.3 is 9.26 Å². The zero-order chi connectivity index (χ0) is 18.7. The average molecular weight is 374 g/mol. The van der Waals surface area contributed by atoms with E-state index in [0.717, 1.165) is 0 Å². The highest BCUT2D eigenvalue weighted by molar-refractivity contribution is 8.11. The summed E-state index contributed by atoms with van der Waals surface area (Å²) in [5.74, 6) is 0.395. The first kappa shape index (κ1) is 20.4. The third-order valence-electron chi connectivity index (χ3n) is 3.04. The van der Waals surface area contributed by atoms with Gasteiger partial charge in [-0.15, -0.1) is 0 Å². The molecule has 24 heavy (non-hydrogen) atoms. The first-order valence-electron chi connectivity index (χ1n) is 7.48. The lowest BCUT2D eigenvalue weighted by Crippen LogP contribution is -2.36. The van der Waals surface area contributed by atoms with Crippen molar-refractivity contribution in [3.05, 3.63) is 33.9 Å². The van der Waals surface area contributed by atoms with Gasteiger partial charge in [-0.25, -0.2) is 9.46 Å². The Hall–Kier alpha value is -1.66. The van der Waals surface area contributed by atoms with Crippen molar-refractivity contribution in [1.29, 1.82) is 0 Å². The van der Waals surface area contributed by atoms with Crippen LogP contribution in [0.1, 0.15) is 33.3 Å². The van der Waals surface area contributed by atoms with E-state index in [2.05, 4.69) is 0 Å². The molecule has 1 unspecified atom stereocenters. The Labute approximate surface area is 147 Å². The van der Waals surface area contributed by atoms with Crippen molar-refractivity contribution in [2.45, 2.75) is 46.8 Å². The van der Waals surface area contributed by atoms with Crippen molar-refractivity contribution in [3.8, 4) is 5.75 Å². The summed E-state index contributed by atoms with van der Waals surface area (Å²) in [6.07, 6.45) is -3.52. The van der Waals surface area contributed by atoms with Crippen LogP contribution in [0.3, 0.4) is 0 Å². The third kappa shape index (κ3) is 5.18. The van der Waals surface area contributed by atoms with Crippen molar-refractivity contribution in [3.63, 3.8) is 0 Å². The molecule has 0 aliphatic rings. The monoisotopic (exact) mass is 374 g/mol. The first-order chi connectivity index (χ1) is 11.0. The molecule has 134 valence electrons. The standard InChI is InChI=1S/C15H23N2O5PS/c1-10(2)16(15(18)21-11(3)4)23(6,24)22-13-7-8-14(17(19)20)12(5)9-13/h7-11H,1-6H3. The number of amides is 1. The quantitative estimate of drug-likeness (QED) is 0.415. The van der Waals surface area contributed by atoms with Crippen molar-refractivity contribution in [2.24, 2.45) is 0 Å². The van der Waals surface area contributed by atoms with Gasteiger partial charge in [-0.05, 0) is 58.6 Å². The van der Waals surface area contributed by atoms with Crippen molar-refractivity contribution in [1.82, 2.24) is 4.67 Å². The van der Waals surface area contributed by atoms with Crippen LogP contribution in [-0.2, 0) is 16.5 Å². The fourth-order valence-corrected chi connectivity index (χ4v) is 4.96. The van der Waals surface area contributed by atoms with Gasteiger partial charge in [0, 0.05) is 24.3 Å². The Morgan fingerprint density at radius 3 is 2.33 bits per heavy atom. The first-order valence-corrected chi connectivity index (χ1v) is 10.6. The Balaban J connectivity index is 3.09. The lowest BCUT2D eigenvalue weighted by atomic mass is 10.2. The van der Waals surface area contributed by atoms with E-state index in [1.165, 1.54) is 16.8 Å². The molecule has 0 N–H and O–H groups in total. The minimum Gasteiger partial charge on any atom is -0.449 e. The van der Waals surface area contributed by atoms with Crippen LogP contribution in [0.2, 0.25) is 0 Å². The van der Waals surface area contributed by atoms with Gasteiger partial charge in [-0.3, -0.25) is 10.1 Å². The number of benzene rings is 1. The van der Waals surface area contributed by atoms with Crippen LogP contribution in [0.5, 0.6) is 5.75 Å². The Morgan fingerprint density at radius 1 is 1.33 bits per heavy atom. The Morgan fingerprint density at radius 2 is 1.92 bits per heavy atom. The molecule has 7 nitrogen and oxygen atoms in total. The molecule has 0 aliphatic heterocycles. The number of nitro benzene ring substituents is 1. The van der Waals surface area contributed by atoms with E-state index in [0.29, 0.717) is 11.3 Å². The van der Waals surface area contributed by atoms with Gasteiger partial charge in [0.15, 0.2) is 0 Å². The normalized spacial score (nSPS) is 13.5. The fourth-order valence-electron chi connectivity index (χ4n) is 2.16. The molecule has 0 fully saturated rings. The van der Waals surface area contributed by atoms with E-state index in [-0.39, 0.29) is 17.8 Å². The molecule has 0 spiro atoms. The van der Waals surface area contributed by atoms with Crippen LogP contribution in [0.15, 0.2) is 18.2 Å². The van der Waals surface area contributed by atoms with Crippen LogP contribution in [-0.4, -0.2) is 34.5 Å². The Kier molecular flexibility index (Phi) is 6.75. The molecule has 0 aromatic heterocycles. The zero-order valence-electron chi connectivity index (χ0n) is 14.7. The maximum Gasteiger partial charge on any atom is 0.416 e. The van der Waals surface area contributed by atoms with E-state index < -0.39 is 17.4 Å². The number of carbonyl (C=O) groups is 1. The van der Waals surface area contributed by atoms with Gasteiger partial charge in [0.25, 0.3) is 5.69 Å². The minimum atomic E-state index is -2.73. The van der Waals surface area contributed by atoms with Gasteiger partial charge >= 0.3 is 6.09 Å². The second kappa shape index (κ2) is 7.94. The number of hydrogen-bond donors (Lipinski definition) is 0. The average Bonchev–Trinajstić information content (AvgIpc) is 2.35. The van der Waals surface area contributed by atoms with Crippen LogP contribution in [0.25, 0.3) is 0 Å². The van der Waals surface area contributed by atoms with Crippen LogP contribution in [0, 0.1) is 17.0 Å². The van der Waals surface area contributed by atoms with Crippen molar-refractivity contribution >= 4 is 30.0 Å². The molecule has 1 amide bonds. The van der Waals surface area contributed by atoms with E-state index in [4.69, 9.17) is 21.1 Å². The molecule has 0 saturated heterocycles. The van der Waals surface area contributed by atoms with Crippen LogP contribution < -0.4 is 4.52 Å². The maximum absolute atomic E-state index is 12.3. The minimum absolute atomic E-state index is 0.00619. The summed E-state index contributed by atoms with van der Waals surface area (Å²) in [6.45, 7) is 10.5. The predicted molar refractivity (Wildman–Crippen MR) is 97.3 cm³/mol. The second-order valence-corrected chi connectivity index (χ2v) is 10.2. The number of nitro groups is 1. The lowest BCUT2D eigenvalue weighted by molar-refractivity contribution is -0.385. The molecule has 0 aliphatic carbocycles. The van der Waals surface area contributed by atoms with Gasteiger partial charge in [0.05, 0.1) is 11.0 Å². The lowest BCUT2D eigenvalue weighted by Gasteiger charge is -2.34. The number of ether oxygens (including phenoxy) is 1. The Bertz CT molecular complexity index is 678. The molecule has 1 rings (SSSR count). The van der Waals surface area contributed by atoms with Gasteiger partial charge in [-0.1, -0.05) is 0 Å². The summed E-state index contributed by atoms with van der Waals surface area (Å²) >= 11 is 5.56. The van der Waals surface area contributed by atoms with Gasteiger partial charge in [0.1, 0.15) is 5.75 Å². The molecule has 0 bridgehead atoms. The van der Waals surface area contributed by atoms with Crippen LogP contribution >= 0.6 is 6.42 Å². The number of carbonyl (C=O) groups excluding carboxylic acids is 1. The van der Waals surface area contributed by atoms with E-state index >= 15 is 0 Å². The third-order valence-corrected chi connectivity index (χ3v) is 5.75. The molecular weight excluding hydrogens is 351 g/mol. The molecule has 0 saturated carbocycles. The highest BCUT2D eigenvalue weighted by Crippen LogP contribution is 2.49. The highest BCUT2D eigenvalue weighted by Gasteiger charge is 2.32. The van der Waals surface area contributed by atoms with E-state index in [9.17, 15) is 14.9 Å². The highest BCUT2D eigenvalue weighted by atomic mass is 32.4. The summed E-state index contributed by atoms with van der Waals surface area (Å²) in [5, 5.41) is 10.9. The van der Waals surface area contributed by atoms with Crippen molar-refractivity contribution in [2.75, 3.05) is 6.66 Å². The van der Waals surface area contributed by atoms with Gasteiger partial charge in [0.2, 0.25) is 6.42 Å². The SMILES string of the molecule is Cc1cc(OP(C)(=S)N(C(=O)OC(C)C)C(C)C)ccc1[N+](=O)[O-]. The number of nitrogens with zero attached hydrogens (tertiary/aromatic N) is 2. The largest absolute Gasteiger partial charge is 0.449 e. The van der Waals surface area contributed by atoms with E-state index in [1.807, 2.05) is 13.8 Å². The summed E-state index contributed by atoms with van der Waals surface area (Å²) in [6, 6.07) is 4.20. The summed E-state index contributed by atoms with van der Waals surface area (Å²) in [7, 11) is 0. The molecule has 9 heteroatoms. The van der Waals surface area contributed by atoms with Crippen molar-refractivity contribution < 1.29 is 19.0 Å². The predicted octanol–water partition coefficient (Wildman–Crippen LogP) is 4.48. The summed E-state index contributed by atoms with van der Waals surface area (Å²) in [4.78, 5) is 22.8. The zero-order valence-corrected chi connectivity index (χ0v) is 16.4. The van der Waals surface area contributed by atoms with E-state index in [1.54, 1.807) is 33.5 Å². The van der Waals surface area contributed by atoms with Gasteiger partial charge in [-0.2, -0.15) is 0 Å². The van der Waals surface area contributed by atoms with Crippen LogP contribution in [0.4, 0.5) is 10.5 Å².